The molecule has 2 aliphatic rings. The molecule has 0 spiro atoms. The lowest BCUT2D eigenvalue weighted by atomic mass is 10.0. The van der Waals surface area contributed by atoms with Gasteiger partial charge in [-0.1, -0.05) is 32.0 Å². The zero-order chi connectivity index (χ0) is 71.7. The van der Waals surface area contributed by atoms with E-state index in [2.05, 4.69) is 70.8 Å². The number of aliphatic carboxylic acids is 3. The summed E-state index contributed by atoms with van der Waals surface area (Å²) in [7, 11) is 0. The normalized spacial score (nSPS) is 17.1. The van der Waals surface area contributed by atoms with Gasteiger partial charge in [0.05, 0.1) is 38.6 Å². The third-order valence-corrected chi connectivity index (χ3v) is 15.7. The van der Waals surface area contributed by atoms with Crippen LogP contribution in [-0.2, 0) is 87.9 Å². The molecular formula is C58H84N16O21S. The maximum Gasteiger partial charge on any atom is 0.326 e. The summed E-state index contributed by atoms with van der Waals surface area (Å²) in [6.07, 6.45) is -3.81. The van der Waals surface area contributed by atoms with Crippen LogP contribution in [0.1, 0.15) is 97.0 Å². The highest BCUT2D eigenvalue weighted by molar-refractivity contribution is 7.80. The number of aliphatic hydroxyl groups excluding tert-OH is 1. The molecule has 4 rings (SSSR count). The van der Waals surface area contributed by atoms with Crippen LogP contribution in [-0.4, -0.2) is 241 Å². The van der Waals surface area contributed by atoms with E-state index in [1.165, 1.54) is 4.90 Å². The zero-order valence-electron chi connectivity index (χ0n) is 52.8. The van der Waals surface area contributed by atoms with Gasteiger partial charge in [0.25, 0.3) is 0 Å². The molecule has 2 aromatic rings. The van der Waals surface area contributed by atoms with Crippen molar-refractivity contribution >= 4 is 124 Å². The second kappa shape index (κ2) is 37.8. The number of aliphatic hydroxyl groups is 1. The Morgan fingerprint density at radius 2 is 1.12 bits per heavy atom. The fourth-order valence-electron chi connectivity index (χ4n) is 10.5. The van der Waals surface area contributed by atoms with Crippen LogP contribution in [0.15, 0.2) is 30.5 Å². The predicted octanol–water partition coefficient (Wildman–Crippen LogP) is -7.32. The van der Waals surface area contributed by atoms with E-state index < -0.39 is 218 Å². The lowest BCUT2D eigenvalue weighted by molar-refractivity contribution is -0.143. The number of aromatic amines is 1. The maximum absolute atomic E-state index is 14.2. The molecule has 0 aliphatic carbocycles. The molecule has 0 saturated carbocycles. The fraction of sp³-hybridized carbons (Fsp3) is 0.569. The molecule has 11 atom stereocenters. The Hall–Kier alpha value is -9.98. The molecule has 38 heteroatoms. The number of nitrogens with two attached hydrogens (primary N) is 3. The highest BCUT2D eigenvalue weighted by atomic mass is 32.1. The minimum Gasteiger partial charge on any atom is -0.481 e. The van der Waals surface area contributed by atoms with Crippen LogP contribution in [0.4, 0.5) is 0 Å². The van der Waals surface area contributed by atoms with E-state index in [1.807, 2.05) is 0 Å². The van der Waals surface area contributed by atoms with E-state index in [4.69, 9.17) is 17.2 Å². The first-order valence-corrected chi connectivity index (χ1v) is 31.2. The second-order valence-electron chi connectivity index (χ2n) is 23.3. The predicted molar refractivity (Wildman–Crippen MR) is 336 cm³/mol. The molecular weight excluding hydrogens is 1290 g/mol. The van der Waals surface area contributed by atoms with E-state index in [-0.39, 0.29) is 57.7 Å². The molecule has 2 fully saturated rings. The summed E-state index contributed by atoms with van der Waals surface area (Å²) in [5.74, 6) is -19.4. The monoisotopic (exact) mass is 1370 g/mol. The fourth-order valence-corrected chi connectivity index (χ4v) is 10.7. The molecule has 96 heavy (non-hydrogen) atoms. The number of nitrogens with zero attached hydrogens (tertiary/aromatic N) is 2. The molecule has 3 heterocycles. The summed E-state index contributed by atoms with van der Waals surface area (Å²) in [6.45, 7) is 2.52. The average Bonchev–Trinajstić information content (AvgIpc) is 1.56. The van der Waals surface area contributed by atoms with Crippen LogP contribution in [0.5, 0.6) is 0 Å². The Bertz CT molecular complexity index is 3240. The Morgan fingerprint density at radius 3 is 1.71 bits per heavy atom. The van der Waals surface area contributed by atoms with Gasteiger partial charge in [0.2, 0.25) is 82.7 Å². The van der Waals surface area contributed by atoms with E-state index in [1.54, 1.807) is 44.3 Å². The Balaban J connectivity index is 1.41. The SMILES string of the molecule is CC(C)C[C@H](NC(=O)[C@@H]1CCCN1C(=O)CN)C(=O)N[C@@H](CC(N)=O)C(=O)N[C@@H](CS)C(=O)N1CCC[C@H]1C(=O)N[C@H](C(=O)N[C@@H](CCC(=O)O)C(=O)N[C@@H](CC(=O)O)C(=O)NCC(=O)NCC(=O)N[C@@H](Cc1c[nH]c2ccccc12)C(=O)N[C@@H](CCC(N)=O)C(=O)O)[C@@H](C)O. The van der Waals surface area contributed by atoms with Crippen molar-refractivity contribution in [3.63, 3.8) is 0 Å². The Morgan fingerprint density at radius 1 is 0.583 bits per heavy atom. The summed E-state index contributed by atoms with van der Waals surface area (Å²) in [5.41, 5.74) is 17.3. The van der Waals surface area contributed by atoms with Crippen LogP contribution in [0.2, 0.25) is 0 Å². The number of para-hydroxylation sites is 1. The van der Waals surface area contributed by atoms with Crippen molar-refractivity contribution in [2.75, 3.05) is 38.5 Å². The van der Waals surface area contributed by atoms with Gasteiger partial charge in [0.15, 0.2) is 0 Å². The molecule has 37 nitrogen and oxygen atoms in total. The van der Waals surface area contributed by atoms with Crippen LogP contribution in [0, 0.1) is 5.92 Å². The number of primary amides is 2. The number of nitrogens with one attached hydrogen (secondary N) is 11. The van der Waals surface area contributed by atoms with Gasteiger partial charge in [-0.05, 0) is 69.4 Å². The minimum atomic E-state index is -2.04. The van der Waals surface area contributed by atoms with E-state index in [9.17, 15) is 102 Å². The molecule has 2 saturated heterocycles. The summed E-state index contributed by atoms with van der Waals surface area (Å²) in [6, 6.07) is -8.99. The number of H-pyrrole nitrogens is 1. The molecule has 1 aromatic carbocycles. The number of likely N-dealkylation sites (tertiary alicyclic amines) is 2. The van der Waals surface area contributed by atoms with Gasteiger partial charge in [-0.3, -0.25) is 76.7 Å². The zero-order valence-corrected chi connectivity index (χ0v) is 53.7. The first-order chi connectivity index (χ1) is 45.2. The van der Waals surface area contributed by atoms with Crippen LogP contribution >= 0.6 is 12.6 Å². The van der Waals surface area contributed by atoms with E-state index in [0.717, 1.165) is 11.8 Å². The first-order valence-electron chi connectivity index (χ1n) is 30.6. The van der Waals surface area contributed by atoms with Gasteiger partial charge in [-0.25, -0.2) is 4.79 Å². The van der Waals surface area contributed by atoms with Crippen molar-refractivity contribution in [1.82, 2.24) is 68.0 Å². The number of carbonyl (C=O) groups is 17. The van der Waals surface area contributed by atoms with Gasteiger partial charge < -0.3 is 106 Å². The van der Waals surface area contributed by atoms with Crippen molar-refractivity contribution in [1.29, 1.82) is 0 Å². The summed E-state index contributed by atoms with van der Waals surface area (Å²) >= 11 is 4.22. The number of rotatable bonds is 39. The summed E-state index contributed by atoms with van der Waals surface area (Å²) in [5, 5.41) is 63.2. The molecule has 1 aromatic heterocycles. The topological polar surface area (TPSA) is 592 Å². The van der Waals surface area contributed by atoms with Gasteiger partial charge >= 0.3 is 17.9 Å². The molecule has 0 radical (unpaired) electrons. The number of hydrogen-bond donors (Lipinski definition) is 19. The van der Waals surface area contributed by atoms with Gasteiger partial charge in [-0.2, -0.15) is 12.6 Å². The summed E-state index contributed by atoms with van der Waals surface area (Å²) < 4.78 is 0. The third-order valence-electron chi connectivity index (χ3n) is 15.3. The maximum atomic E-state index is 14.2. The number of carboxylic acids is 3. The lowest BCUT2D eigenvalue weighted by Crippen LogP contribution is -2.62. The van der Waals surface area contributed by atoms with Gasteiger partial charge in [0, 0.05) is 55.2 Å². The quantitative estimate of drug-likeness (QED) is 0.0277. The molecule has 528 valence electrons. The number of fused-ring (bicyclic) bond motifs is 1. The first kappa shape index (κ1) is 78.5. The number of carboxylic acid groups (broad SMARTS) is 3. The number of hydrogen-bond acceptors (Lipinski definition) is 20. The number of amides is 14. The number of thiol groups is 1. The molecule has 21 N–H and O–H groups in total. The largest absolute Gasteiger partial charge is 0.481 e. The standard InChI is InChI=1S/C58H84N16O21S/c1-27(2)18-34(70-54(90)39-10-6-16-73(39)45(80)22-59)51(87)68-36(20-42(61)77)53(89)71-38(26-96)57(93)74-17-7-11-40(74)55(91)72-48(28(3)75)56(92)66-32(13-15-46(81)82)50(86)69-37(21-47(83)84)49(85)64-24-43(78)63-25-44(79)65-35(19-29-23-62-31-9-5-4-8-30(29)31)52(88)67-33(58(94)95)12-14-41(60)76/h4-5,8-9,23,27-28,32-40,48,62,75,96H,6-7,10-22,24-26,59H2,1-3H3,(H2,60,76)(H2,61,77)(H,63,78)(H,64,85)(H,65,79)(H,66,92)(H,67,88)(H,68,87)(H,69,86)(H,70,90)(H,71,89)(H,72,91)(H,81,82)(H,83,84)(H,94,95)/t28-,32+,33+,34+,35+,36+,37+,38+,39+,40+,48+/m1/s1. The second-order valence-corrected chi connectivity index (χ2v) is 23.6. The van der Waals surface area contributed by atoms with Crippen molar-refractivity contribution in [2.45, 2.75) is 164 Å². The molecule has 0 unspecified atom stereocenters. The van der Waals surface area contributed by atoms with Gasteiger partial charge in [-0.15, -0.1) is 0 Å². The van der Waals surface area contributed by atoms with Crippen LogP contribution < -0.4 is 70.4 Å². The Labute approximate surface area is 554 Å². The third kappa shape index (κ3) is 24.4. The van der Waals surface area contributed by atoms with Crippen molar-refractivity contribution in [2.24, 2.45) is 23.1 Å². The molecule has 2 aliphatic heterocycles. The Kier molecular flexibility index (Phi) is 30.9. The number of carbonyl (C=O) groups excluding carboxylic acids is 14. The molecule has 0 bridgehead atoms. The van der Waals surface area contributed by atoms with Crippen LogP contribution in [0.3, 0.4) is 0 Å². The van der Waals surface area contributed by atoms with Crippen molar-refractivity contribution < 1.29 is 102 Å². The van der Waals surface area contributed by atoms with Crippen LogP contribution in [0.25, 0.3) is 10.9 Å². The smallest absolute Gasteiger partial charge is 0.326 e. The minimum absolute atomic E-state index is 0.0423. The van der Waals surface area contributed by atoms with Crippen molar-refractivity contribution in [3.05, 3.63) is 36.0 Å². The number of aromatic nitrogens is 1. The average molecular weight is 1370 g/mol. The molecule has 14 amide bonds. The van der Waals surface area contributed by atoms with E-state index in [0.29, 0.717) is 29.3 Å². The lowest BCUT2D eigenvalue weighted by Gasteiger charge is -2.31. The van der Waals surface area contributed by atoms with E-state index >= 15 is 0 Å². The highest BCUT2D eigenvalue weighted by Crippen LogP contribution is 2.22. The van der Waals surface area contributed by atoms with Crippen molar-refractivity contribution in [3.8, 4) is 0 Å². The summed E-state index contributed by atoms with van der Waals surface area (Å²) in [4.78, 5) is 227. The van der Waals surface area contributed by atoms with Gasteiger partial charge in [0.1, 0.15) is 60.4 Å². The number of benzene rings is 1. The highest BCUT2D eigenvalue weighted by Gasteiger charge is 2.42.